The number of nitrogens with zero attached hydrogens (tertiary/aromatic N) is 3. The van der Waals surface area contributed by atoms with Crippen LogP contribution in [0, 0.1) is 0 Å². The summed E-state index contributed by atoms with van der Waals surface area (Å²) in [4.78, 5) is 2.49. The quantitative estimate of drug-likeness (QED) is 0.808. The first-order chi connectivity index (χ1) is 7.97. The summed E-state index contributed by atoms with van der Waals surface area (Å²) in [6.07, 6.45) is 3.53. The second-order valence-corrected chi connectivity index (χ2v) is 6.33. The molecule has 0 amide bonds. The van der Waals surface area contributed by atoms with E-state index in [0.717, 1.165) is 25.3 Å². The summed E-state index contributed by atoms with van der Waals surface area (Å²) in [5.41, 5.74) is 8.93. The molecule has 0 radical (unpaired) electrons. The van der Waals surface area contributed by atoms with Crippen LogP contribution < -0.4 is 5.73 Å². The maximum absolute atomic E-state index is 6.20. The number of nitrogens with two attached hydrogens (primary N) is 1. The van der Waals surface area contributed by atoms with Gasteiger partial charge in [0.1, 0.15) is 5.82 Å². The number of rotatable bonds is 1. The van der Waals surface area contributed by atoms with Crippen LogP contribution in [0.2, 0.25) is 0 Å². The van der Waals surface area contributed by atoms with Crippen molar-refractivity contribution in [2.45, 2.75) is 58.2 Å². The topological polar surface area (TPSA) is 47.1 Å². The summed E-state index contributed by atoms with van der Waals surface area (Å²) in [6, 6.07) is 0.587. The highest BCUT2D eigenvalue weighted by Gasteiger charge is 2.33. The highest BCUT2D eigenvalue weighted by atomic mass is 15.4. The molecule has 1 saturated carbocycles. The van der Waals surface area contributed by atoms with Gasteiger partial charge in [-0.25, -0.2) is 4.68 Å². The van der Waals surface area contributed by atoms with Gasteiger partial charge in [-0.1, -0.05) is 0 Å². The minimum Gasteiger partial charge on any atom is -0.384 e. The predicted molar refractivity (Wildman–Crippen MR) is 68.8 cm³/mol. The normalized spacial score (nSPS) is 21.6. The van der Waals surface area contributed by atoms with E-state index in [1.807, 2.05) is 0 Å². The van der Waals surface area contributed by atoms with Gasteiger partial charge in [-0.15, -0.1) is 0 Å². The zero-order chi connectivity index (χ0) is 12.2. The van der Waals surface area contributed by atoms with Crippen LogP contribution in [-0.2, 0) is 13.0 Å². The van der Waals surface area contributed by atoms with Gasteiger partial charge >= 0.3 is 0 Å². The Kier molecular flexibility index (Phi) is 2.27. The van der Waals surface area contributed by atoms with E-state index in [1.54, 1.807) is 0 Å². The zero-order valence-electron chi connectivity index (χ0n) is 11.0. The molecule has 1 aromatic rings. The summed E-state index contributed by atoms with van der Waals surface area (Å²) >= 11 is 0. The van der Waals surface area contributed by atoms with Crippen LogP contribution in [-0.4, -0.2) is 26.8 Å². The van der Waals surface area contributed by atoms with E-state index in [-0.39, 0.29) is 5.54 Å². The summed E-state index contributed by atoms with van der Waals surface area (Å²) in [6.45, 7) is 8.83. The average molecular weight is 234 g/mol. The van der Waals surface area contributed by atoms with E-state index < -0.39 is 0 Å². The molecule has 17 heavy (non-hydrogen) atoms. The first-order valence-corrected chi connectivity index (χ1v) is 6.57. The summed E-state index contributed by atoms with van der Waals surface area (Å²) < 4.78 is 2.07. The van der Waals surface area contributed by atoms with E-state index in [2.05, 4.69) is 30.4 Å². The van der Waals surface area contributed by atoms with Gasteiger partial charge in [0.2, 0.25) is 0 Å². The molecular weight excluding hydrogens is 212 g/mol. The van der Waals surface area contributed by atoms with Crippen molar-refractivity contribution in [3.8, 4) is 0 Å². The Hall–Kier alpha value is -1.03. The van der Waals surface area contributed by atoms with Crippen LogP contribution in [0.1, 0.15) is 50.9 Å². The van der Waals surface area contributed by atoms with Crippen LogP contribution in [0.3, 0.4) is 0 Å². The summed E-state index contributed by atoms with van der Waals surface area (Å²) in [7, 11) is 0. The Morgan fingerprint density at radius 2 is 2.00 bits per heavy atom. The van der Waals surface area contributed by atoms with Crippen LogP contribution in [0.5, 0.6) is 0 Å². The predicted octanol–water partition coefficient (Wildman–Crippen LogP) is 1.96. The number of anilines is 1. The molecule has 4 nitrogen and oxygen atoms in total. The number of aromatic nitrogens is 2. The van der Waals surface area contributed by atoms with E-state index in [9.17, 15) is 0 Å². The Balaban J connectivity index is 1.90. The lowest BCUT2D eigenvalue weighted by Crippen LogP contribution is -2.44. The smallest absolute Gasteiger partial charge is 0.125 e. The maximum atomic E-state index is 6.20. The standard InChI is InChI=1S/C13H22N4/c1-13(2,3)16-7-6-10-11(8-16)15-17(12(10)14)9-4-5-9/h9H,4-8,14H2,1-3H3. The van der Waals surface area contributed by atoms with Gasteiger partial charge < -0.3 is 5.73 Å². The fraction of sp³-hybridized carbons (Fsp3) is 0.769. The van der Waals surface area contributed by atoms with Crippen LogP contribution in [0.15, 0.2) is 0 Å². The fourth-order valence-electron chi connectivity index (χ4n) is 2.61. The van der Waals surface area contributed by atoms with Crippen molar-refractivity contribution >= 4 is 5.82 Å². The van der Waals surface area contributed by atoms with Crippen molar-refractivity contribution in [2.75, 3.05) is 12.3 Å². The second kappa shape index (κ2) is 3.48. The van der Waals surface area contributed by atoms with Crippen LogP contribution in [0.25, 0.3) is 0 Å². The molecule has 1 aliphatic carbocycles. The number of fused-ring (bicyclic) bond motifs is 1. The van der Waals surface area contributed by atoms with Crippen molar-refractivity contribution < 1.29 is 0 Å². The maximum Gasteiger partial charge on any atom is 0.125 e. The SMILES string of the molecule is CC(C)(C)N1CCc2c(nn(C3CC3)c2N)C1. The Bertz CT molecular complexity index is 437. The minimum absolute atomic E-state index is 0.218. The lowest BCUT2D eigenvalue weighted by Gasteiger charge is -2.37. The molecule has 0 saturated heterocycles. The van der Waals surface area contributed by atoms with Gasteiger partial charge in [0.05, 0.1) is 11.7 Å². The van der Waals surface area contributed by atoms with Crippen molar-refractivity contribution in [2.24, 2.45) is 0 Å². The molecule has 0 bridgehead atoms. The molecule has 94 valence electrons. The molecule has 2 N–H and O–H groups in total. The molecule has 0 atom stereocenters. The first-order valence-electron chi connectivity index (χ1n) is 6.57. The molecule has 0 spiro atoms. The minimum atomic E-state index is 0.218. The Labute approximate surface area is 103 Å². The number of nitrogen functional groups attached to an aromatic ring is 1. The van der Waals surface area contributed by atoms with Gasteiger partial charge in [0.25, 0.3) is 0 Å². The Morgan fingerprint density at radius 1 is 1.29 bits per heavy atom. The lowest BCUT2D eigenvalue weighted by atomic mass is 9.99. The van der Waals surface area contributed by atoms with Gasteiger partial charge in [0, 0.05) is 24.2 Å². The van der Waals surface area contributed by atoms with Crippen molar-refractivity contribution in [3.63, 3.8) is 0 Å². The lowest BCUT2D eigenvalue weighted by molar-refractivity contribution is 0.119. The van der Waals surface area contributed by atoms with Gasteiger partial charge in [0.15, 0.2) is 0 Å². The first kappa shape index (κ1) is 11.1. The highest BCUT2D eigenvalue weighted by molar-refractivity contribution is 5.45. The largest absolute Gasteiger partial charge is 0.384 e. The van der Waals surface area contributed by atoms with Gasteiger partial charge in [-0.2, -0.15) is 5.10 Å². The fourth-order valence-corrected chi connectivity index (χ4v) is 2.61. The monoisotopic (exact) mass is 234 g/mol. The van der Waals surface area contributed by atoms with E-state index in [1.165, 1.54) is 24.1 Å². The second-order valence-electron chi connectivity index (χ2n) is 6.33. The molecule has 1 fully saturated rings. The molecule has 0 unspecified atom stereocenters. The Morgan fingerprint density at radius 3 is 2.59 bits per heavy atom. The third-order valence-electron chi connectivity index (χ3n) is 3.95. The number of hydrogen-bond acceptors (Lipinski definition) is 3. The molecule has 1 aliphatic heterocycles. The van der Waals surface area contributed by atoms with E-state index in [0.29, 0.717) is 6.04 Å². The van der Waals surface area contributed by atoms with Crippen LogP contribution in [0.4, 0.5) is 5.82 Å². The van der Waals surface area contributed by atoms with E-state index in [4.69, 9.17) is 10.8 Å². The molecule has 2 aliphatic rings. The van der Waals surface area contributed by atoms with Crippen molar-refractivity contribution in [1.29, 1.82) is 0 Å². The molecule has 1 aromatic heterocycles. The molecule has 4 heteroatoms. The third kappa shape index (κ3) is 1.84. The van der Waals surface area contributed by atoms with E-state index >= 15 is 0 Å². The molecular formula is C13H22N4. The third-order valence-corrected chi connectivity index (χ3v) is 3.95. The molecule has 0 aromatic carbocycles. The van der Waals surface area contributed by atoms with Gasteiger partial charge in [-0.05, 0) is 40.0 Å². The summed E-state index contributed by atoms with van der Waals surface area (Å²) in [5, 5.41) is 4.73. The molecule has 3 rings (SSSR count). The average Bonchev–Trinajstić information content (AvgIpc) is 3.03. The summed E-state index contributed by atoms with van der Waals surface area (Å²) in [5.74, 6) is 0.927. The van der Waals surface area contributed by atoms with Crippen molar-refractivity contribution in [1.82, 2.24) is 14.7 Å². The molecule has 2 heterocycles. The van der Waals surface area contributed by atoms with Crippen molar-refractivity contribution in [3.05, 3.63) is 11.3 Å². The van der Waals surface area contributed by atoms with Gasteiger partial charge in [-0.3, -0.25) is 4.90 Å². The highest BCUT2D eigenvalue weighted by Crippen LogP contribution is 2.39. The van der Waals surface area contributed by atoms with Crippen LogP contribution >= 0.6 is 0 Å². The number of hydrogen-bond donors (Lipinski definition) is 1. The zero-order valence-corrected chi connectivity index (χ0v) is 11.0.